The van der Waals surface area contributed by atoms with E-state index in [2.05, 4.69) is 15.5 Å². The van der Waals surface area contributed by atoms with Crippen molar-refractivity contribution in [2.24, 2.45) is 0 Å². The molecule has 4 nitrogen and oxygen atoms in total. The number of halogens is 4. The molecule has 0 aliphatic carbocycles. The molecule has 0 saturated heterocycles. The molecule has 3 aromatic rings. The van der Waals surface area contributed by atoms with E-state index in [4.69, 9.17) is 16.1 Å². The minimum absolute atomic E-state index is 0.199. The van der Waals surface area contributed by atoms with Crippen molar-refractivity contribution in [1.82, 2.24) is 10.1 Å². The molecule has 0 radical (unpaired) electrons. The van der Waals surface area contributed by atoms with Gasteiger partial charge in [0.2, 0.25) is 11.7 Å². The predicted molar refractivity (Wildman–Crippen MR) is 95.3 cm³/mol. The quantitative estimate of drug-likeness (QED) is 0.542. The van der Waals surface area contributed by atoms with Gasteiger partial charge in [-0.3, -0.25) is 0 Å². The number of alkyl halides is 3. The summed E-state index contributed by atoms with van der Waals surface area (Å²) >= 11 is 6.57. The van der Waals surface area contributed by atoms with Crippen LogP contribution in [-0.2, 0) is 6.54 Å². The second kappa shape index (κ2) is 8.01. The van der Waals surface area contributed by atoms with Crippen LogP contribution < -0.4 is 5.32 Å². The van der Waals surface area contributed by atoms with Gasteiger partial charge in [-0.2, -0.15) is 18.2 Å². The van der Waals surface area contributed by atoms with Crippen molar-refractivity contribution in [3.8, 4) is 11.4 Å². The standard InChI is InChI=1S/C17H13ClF3N3OS/c18-12-7-5-11(6-8-12)16-23-15(25-24-16)9-22-13-3-1-2-4-14(13)26-10-17(19,20)21/h1-8,22H,9-10H2. The summed E-state index contributed by atoms with van der Waals surface area (Å²) in [5.41, 5.74) is 1.33. The number of aromatic nitrogens is 2. The zero-order valence-electron chi connectivity index (χ0n) is 13.3. The first-order valence-corrected chi connectivity index (χ1v) is 8.88. The zero-order valence-corrected chi connectivity index (χ0v) is 14.8. The van der Waals surface area contributed by atoms with Crippen molar-refractivity contribution in [2.45, 2.75) is 17.6 Å². The van der Waals surface area contributed by atoms with Crippen LogP contribution in [0.15, 0.2) is 57.9 Å². The average molecular weight is 400 g/mol. The lowest BCUT2D eigenvalue weighted by molar-refractivity contribution is -0.105. The summed E-state index contributed by atoms with van der Waals surface area (Å²) in [5, 5.41) is 7.53. The van der Waals surface area contributed by atoms with Crippen molar-refractivity contribution in [1.29, 1.82) is 0 Å². The van der Waals surface area contributed by atoms with Crippen LogP contribution in [0.1, 0.15) is 5.89 Å². The highest BCUT2D eigenvalue weighted by molar-refractivity contribution is 7.99. The van der Waals surface area contributed by atoms with Gasteiger partial charge in [-0.05, 0) is 36.4 Å². The molecule has 0 unspecified atom stereocenters. The van der Waals surface area contributed by atoms with E-state index in [1.165, 1.54) is 0 Å². The number of benzene rings is 2. The molecule has 3 rings (SSSR count). The van der Waals surface area contributed by atoms with Crippen molar-refractivity contribution >= 4 is 29.1 Å². The lowest BCUT2D eigenvalue weighted by Gasteiger charge is -2.11. The van der Waals surface area contributed by atoms with E-state index in [-0.39, 0.29) is 6.54 Å². The maximum atomic E-state index is 12.4. The number of thioether (sulfide) groups is 1. The first kappa shape index (κ1) is 18.6. The fraction of sp³-hybridized carbons (Fsp3) is 0.176. The Labute approximate surface area is 156 Å². The van der Waals surface area contributed by atoms with Gasteiger partial charge in [0.1, 0.15) is 0 Å². The van der Waals surface area contributed by atoms with Crippen LogP contribution in [0.3, 0.4) is 0 Å². The molecule has 0 aliphatic heterocycles. The van der Waals surface area contributed by atoms with E-state index in [1.807, 2.05) is 0 Å². The van der Waals surface area contributed by atoms with Gasteiger partial charge in [-0.1, -0.05) is 28.9 Å². The minimum Gasteiger partial charge on any atom is -0.375 e. The summed E-state index contributed by atoms with van der Waals surface area (Å²) in [6.07, 6.45) is -4.22. The summed E-state index contributed by atoms with van der Waals surface area (Å²) in [6, 6.07) is 13.8. The summed E-state index contributed by atoms with van der Waals surface area (Å²) in [6.45, 7) is 0.199. The molecule has 1 N–H and O–H groups in total. The van der Waals surface area contributed by atoms with Gasteiger partial charge in [-0.25, -0.2) is 0 Å². The molecule has 0 bridgehead atoms. The first-order chi connectivity index (χ1) is 12.4. The fourth-order valence-corrected chi connectivity index (χ4v) is 3.03. The van der Waals surface area contributed by atoms with Crippen molar-refractivity contribution in [2.75, 3.05) is 11.1 Å². The number of nitrogens with one attached hydrogen (secondary N) is 1. The number of hydrogen-bond donors (Lipinski definition) is 1. The second-order valence-electron chi connectivity index (χ2n) is 5.27. The van der Waals surface area contributed by atoms with Gasteiger partial charge in [0.05, 0.1) is 12.3 Å². The van der Waals surface area contributed by atoms with E-state index in [1.54, 1.807) is 48.5 Å². The van der Waals surface area contributed by atoms with Gasteiger partial charge in [-0.15, -0.1) is 11.8 Å². The maximum Gasteiger partial charge on any atom is 0.398 e. The molecule has 1 aromatic heterocycles. The van der Waals surface area contributed by atoms with Crippen LogP contribution >= 0.6 is 23.4 Å². The molecule has 0 aliphatic rings. The number of nitrogens with zero attached hydrogens (tertiary/aromatic N) is 2. The Morgan fingerprint density at radius 2 is 1.81 bits per heavy atom. The zero-order chi connectivity index (χ0) is 18.6. The predicted octanol–water partition coefficient (Wildman–Crippen LogP) is 5.66. The Morgan fingerprint density at radius 1 is 1.08 bits per heavy atom. The molecule has 0 spiro atoms. The van der Waals surface area contributed by atoms with E-state index in [9.17, 15) is 13.2 Å². The van der Waals surface area contributed by atoms with Crippen LogP contribution in [0.2, 0.25) is 5.02 Å². The first-order valence-electron chi connectivity index (χ1n) is 7.52. The smallest absolute Gasteiger partial charge is 0.375 e. The molecule has 0 amide bonds. The van der Waals surface area contributed by atoms with Crippen LogP contribution in [0.4, 0.5) is 18.9 Å². The second-order valence-corrected chi connectivity index (χ2v) is 6.73. The van der Waals surface area contributed by atoms with Gasteiger partial charge >= 0.3 is 6.18 Å². The largest absolute Gasteiger partial charge is 0.398 e. The third-order valence-corrected chi connectivity index (χ3v) is 4.67. The summed E-state index contributed by atoms with van der Waals surface area (Å²) < 4.78 is 42.5. The van der Waals surface area contributed by atoms with E-state index in [0.29, 0.717) is 27.3 Å². The number of anilines is 1. The highest BCUT2D eigenvalue weighted by Crippen LogP contribution is 2.32. The number of para-hydroxylation sites is 1. The van der Waals surface area contributed by atoms with E-state index >= 15 is 0 Å². The Kier molecular flexibility index (Phi) is 5.73. The van der Waals surface area contributed by atoms with Crippen molar-refractivity contribution in [3.05, 3.63) is 59.4 Å². The number of rotatable bonds is 6. The lowest BCUT2D eigenvalue weighted by Crippen LogP contribution is -2.11. The fourth-order valence-electron chi connectivity index (χ4n) is 2.11. The van der Waals surface area contributed by atoms with Gasteiger partial charge in [0.15, 0.2) is 0 Å². The molecule has 0 fully saturated rings. The average Bonchev–Trinajstić information content (AvgIpc) is 3.08. The molecule has 1 heterocycles. The maximum absolute atomic E-state index is 12.4. The van der Waals surface area contributed by atoms with Crippen LogP contribution in [-0.4, -0.2) is 22.1 Å². The van der Waals surface area contributed by atoms with Crippen molar-refractivity contribution in [3.63, 3.8) is 0 Å². The minimum atomic E-state index is -4.22. The Bertz CT molecular complexity index is 868. The molecule has 0 atom stereocenters. The Morgan fingerprint density at radius 3 is 2.54 bits per heavy atom. The molecular formula is C17H13ClF3N3OS. The highest BCUT2D eigenvalue weighted by atomic mass is 35.5. The highest BCUT2D eigenvalue weighted by Gasteiger charge is 2.27. The van der Waals surface area contributed by atoms with E-state index in [0.717, 1.165) is 17.3 Å². The molecular weight excluding hydrogens is 387 g/mol. The van der Waals surface area contributed by atoms with Gasteiger partial charge < -0.3 is 9.84 Å². The van der Waals surface area contributed by atoms with Crippen LogP contribution in [0.5, 0.6) is 0 Å². The third-order valence-electron chi connectivity index (χ3n) is 3.28. The lowest BCUT2D eigenvalue weighted by atomic mass is 10.2. The monoisotopic (exact) mass is 399 g/mol. The topological polar surface area (TPSA) is 51.0 Å². The number of hydrogen-bond acceptors (Lipinski definition) is 5. The van der Waals surface area contributed by atoms with Crippen molar-refractivity contribution < 1.29 is 17.7 Å². The summed E-state index contributed by atoms with van der Waals surface area (Å²) in [7, 11) is 0. The third kappa shape index (κ3) is 5.15. The summed E-state index contributed by atoms with van der Waals surface area (Å²) in [4.78, 5) is 4.77. The molecule has 9 heteroatoms. The SMILES string of the molecule is FC(F)(F)CSc1ccccc1NCc1nc(-c2ccc(Cl)cc2)no1. The molecule has 136 valence electrons. The van der Waals surface area contributed by atoms with Crippen LogP contribution in [0, 0.1) is 0 Å². The van der Waals surface area contributed by atoms with Crippen LogP contribution in [0.25, 0.3) is 11.4 Å². The Hall–Kier alpha value is -2.19. The van der Waals surface area contributed by atoms with Gasteiger partial charge in [0.25, 0.3) is 0 Å². The van der Waals surface area contributed by atoms with E-state index < -0.39 is 11.9 Å². The Balaban J connectivity index is 1.65. The molecule has 0 saturated carbocycles. The molecule has 2 aromatic carbocycles. The summed E-state index contributed by atoms with van der Waals surface area (Å²) in [5.74, 6) is -0.212. The van der Waals surface area contributed by atoms with Gasteiger partial charge in [0, 0.05) is 21.2 Å². The molecule has 26 heavy (non-hydrogen) atoms. The normalized spacial score (nSPS) is 11.5.